The molecule has 1 aliphatic carbocycles. The number of carboxylic acids is 1. The number of carboxylic acid groups (broad SMARTS) is 1. The van der Waals surface area contributed by atoms with E-state index in [1.165, 1.54) is 11.3 Å². The van der Waals surface area contributed by atoms with Crippen LogP contribution in [0.3, 0.4) is 0 Å². The van der Waals surface area contributed by atoms with E-state index in [1.54, 1.807) is 13.2 Å². The Bertz CT molecular complexity index is 1040. The van der Waals surface area contributed by atoms with Crippen molar-refractivity contribution < 1.29 is 19.8 Å². The molecule has 0 atom stereocenters. The van der Waals surface area contributed by atoms with Crippen molar-refractivity contribution >= 4 is 34.6 Å². The molecule has 7 heteroatoms. The summed E-state index contributed by atoms with van der Waals surface area (Å²) in [5.74, 6) is -0.0804. The number of halogens is 1. The van der Waals surface area contributed by atoms with Crippen LogP contribution in [-0.2, 0) is 10.2 Å². The molecule has 5 nitrogen and oxygen atoms in total. The van der Waals surface area contributed by atoms with Crippen LogP contribution in [0.4, 0.5) is 5.69 Å². The van der Waals surface area contributed by atoms with Crippen LogP contribution < -0.4 is 10.2 Å². The van der Waals surface area contributed by atoms with Crippen LogP contribution in [0.25, 0.3) is 21.6 Å². The first kappa shape index (κ1) is 18.8. The number of nitrogens with one attached hydrogen (secondary N) is 1. The fourth-order valence-corrected chi connectivity index (χ4v) is 4.62. The molecule has 1 heterocycles. The zero-order valence-corrected chi connectivity index (χ0v) is 16.6. The Labute approximate surface area is 171 Å². The van der Waals surface area contributed by atoms with Gasteiger partial charge in [0.15, 0.2) is 0 Å². The van der Waals surface area contributed by atoms with Gasteiger partial charge in [0.25, 0.3) is 0 Å². The molecular weight excluding hydrogens is 398 g/mol. The van der Waals surface area contributed by atoms with Crippen LogP contribution in [0.15, 0.2) is 48.5 Å². The molecule has 1 aliphatic rings. The summed E-state index contributed by atoms with van der Waals surface area (Å²) in [6, 6.07) is 15.1. The summed E-state index contributed by atoms with van der Waals surface area (Å²) in [4.78, 5) is 12.3. The topological polar surface area (TPSA) is 78.8 Å². The Morgan fingerprint density at radius 3 is 2.39 bits per heavy atom. The minimum absolute atomic E-state index is 0.539. The van der Waals surface area contributed by atoms with Crippen LogP contribution in [-0.4, -0.2) is 23.4 Å². The third-order valence-electron chi connectivity index (χ3n) is 5.19. The predicted molar refractivity (Wildman–Crippen MR) is 111 cm³/mol. The largest absolute Gasteiger partial charge is 0.496 e. The van der Waals surface area contributed by atoms with Gasteiger partial charge in [-0.3, -0.25) is 15.5 Å². The van der Waals surface area contributed by atoms with Gasteiger partial charge < -0.3 is 9.84 Å². The van der Waals surface area contributed by atoms with E-state index in [-0.39, 0.29) is 0 Å². The number of ether oxygens (including phenoxy) is 1. The highest BCUT2D eigenvalue weighted by atomic mass is 35.5. The Kier molecular flexibility index (Phi) is 4.79. The number of hydrogen-bond donors (Lipinski definition) is 3. The molecule has 144 valence electrons. The number of anilines is 1. The average Bonchev–Trinajstić information content (AvgIpc) is 3.44. The molecule has 1 aromatic heterocycles. The monoisotopic (exact) mass is 415 g/mol. The molecule has 0 radical (unpaired) electrons. The van der Waals surface area contributed by atoms with Gasteiger partial charge in [-0.1, -0.05) is 48.0 Å². The van der Waals surface area contributed by atoms with E-state index in [0.717, 1.165) is 27.1 Å². The maximum absolute atomic E-state index is 11.5. The number of aliphatic carboxylic acids is 1. The first-order valence-electron chi connectivity index (χ1n) is 8.70. The molecule has 2 aromatic carbocycles. The number of methoxy groups -OCH3 is 1. The summed E-state index contributed by atoms with van der Waals surface area (Å²) in [5.41, 5.74) is 5.55. The highest BCUT2D eigenvalue weighted by Gasteiger charge is 2.51. The molecule has 1 fully saturated rings. The zero-order chi connectivity index (χ0) is 19.9. The van der Waals surface area contributed by atoms with E-state index in [2.05, 4.69) is 5.48 Å². The standard InChI is InChI=1S/C21H18ClNO4S/c1-27-17-10-13(19-16(23-26)11-18(22)28-19)4-7-15(17)12-2-5-14(6-3-12)21(8-9-21)20(24)25/h2-7,10-11,23,26H,8-9H2,1H3,(H,24,25). The molecular formula is C21H18ClNO4S. The van der Waals surface area contributed by atoms with E-state index in [9.17, 15) is 15.1 Å². The minimum Gasteiger partial charge on any atom is -0.496 e. The SMILES string of the molecule is COc1cc(-c2sc(Cl)cc2NO)ccc1-c1ccc(C2(C(=O)O)CC2)cc1. The predicted octanol–water partition coefficient (Wildman–Crippen LogP) is 5.66. The van der Waals surface area contributed by atoms with Crippen LogP contribution in [0.5, 0.6) is 5.75 Å². The van der Waals surface area contributed by atoms with Crippen molar-refractivity contribution in [1.29, 1.82) is 0 Å². The van der Waals surface area contributed by atoms with Crippen molar-refractivity contribution in [2.75, 3.05) is 12.6 Å². The lowest BCUT2D eigenvalue weighted by Gasteiger charge is -2.14. The number of hydrogen-bond acceptors (Lipinski definition) is 5. The van der Waals surface area contributed by atoms with Crippen LogP contribution in [0, 0.1) is 0 Å². The van der Waals surface area contributed by atoms with E-state index >= 15 is 0 Å². The Morgan fingerprint density at radius 2 is 1.82 bits per heavy atom. The number of thiophene rings is 1. The fraction of sp³-hybridized carbons (Fsp3) is 0.190. The van der Waals surface area contributed by atoms with Crippen LogP contribution in [0.1, 0.15) is 18.4 Å². The molecule has 0 saturated heterocycles. The van der Waals surface area contributed by atoms with Gasteiger partial charge in [-0.25, -0.2) is 0 Å². The van der Waals surface area contributed by atoms with E-state index in [1.807, 2.05) is 42.5 Å². The molecule has 1 saturated carbocycles. The van der Waals surface area contributed by atoms with Gasteiger partial charge in [0.05, 0.1) is 27.4 Å². The second-order valence-electron chi connectivity index (χ2n) is 6.78. The maximum Gasteiger partial charge on any atom is 0.314 e. The van der Waals surface area contributed by atoms with Gasteiger partial charge in [-0.05, 0) is 41.7 Å². The van der Waals surface area contributed by atoms with Crippen molar-refractivity contribution in [3.63, 3.8) is 0 Å². The third kappa shape index (κ3) is 3.13. The molecule has 3 N–H and O–H groups in total. The molecule has 28 heavy (non-hydrogen) atoms. The Hall–Kier alpha value is -2.54. The first-order chi connectivity index (χ1) is 13.5. The quantitative estimate of drug-likeness (QED) is 0.452. The Morgan fingerprint density at radius 1 is 1.14 bits per heavy atom. The van der Waals surface area contributed by atoms with Crippen molar-refractivity contribution in [2.24, 2.45) is 0 Å². The normalized spacial score (nSPS) is 14.5. The molecule has 0 unspecified atom stereocenters. The molecule has 0 aliphatic heterocycles. The summed E-state index contributed by atoms with van der Waals surface area (Å²) in [6.45, 7) is 0. The van der Waals surface area contributed by atoms with E-state index in [4.69, 9.17) is 16.3 Å². The van der Waals surface area contributed by atoms with Crippen molar-refractivity contribution in [1.82, 2.24) is 0 Å². The number of rotatable bonds is 6. The second-order valence-corrected chi connectivity index (χ2v) is 8.47. The van der Waals surface area contributed by atoms with Crippen LogP contribution in [0.2, 0.25) is 4.34 Å². The number of benzene rings is 2. The number of carbonyl (C=O) groups is 1. The smallest absolute Gasteiger partial charge is 0.314 e. The lowest BCUT2D eigenvalue weighted by molar-refractivity contribution is -0.140. The zero-order valence-electron chi connectivity index (χ0n) is 15.0. The van der Waals surface area contributed by atoms with Gasteiger partial charge in [0, 0.05) is 5.56 Å². The highest BCUT2D eigenvalue weighted by Crippen LogP contribution is 2.49. The first-order valence-corrected chi connectivity index (χ1v) is 9.90. The van der Waals surface area contributed by atoms with Gasteiger partial charge in [-0.15, -0.1) is 11.3 Å². The summed E-state index contributed by atoms with van der Waals surface area (Å²) < 4.78 is 6.15. The molecule has 0 amide bonds. The van der Waals surface area contributed by atoms with E-state index < -0.39 is 11.4 Å². The summed E-state index contributed by atoms with van der Waals surface area (Å²) in [7, 11) is 1.60. The summed E-state index contributed by atoms with van der Waals surface area (Å²) >= 11 is 7.43. The average molecular weight is 416 g/mol. The van der Waals surface area contributed by atoms with Gasteiger partial charge in [0.2, 0.25) is 0 Å². The molecule has 3 aromatic rings. The molecule has 4 rings (SSSR count). The molecule has 0 bridgehead atoms. The van der Waals surface area contributed by atoms with E-state index in [0.29, 0.717) is 28.6 Å². The Balaban J connectivity index is 1.70. The summed E-state index contributed by atoms with van der Waals surface area (Å²) in [5, 5.41) is 18.8. The minimum atomic E-state index is -0.759. The summed E-state index contributed by atoms with van der Waals surface area (Å²) in [6.07, 6.45) is 1.37. The van der Waals surface area contributed by atoms with Crippen molar-refractivity contribution in [3.8, 4) is 27.3 Å². The van der Waals surface area contributed by atoms with Crippen LogP contribution >= 0.6 is 22.9 Å². The lowest BCUT2D eigenvalue weighted by atomic mass is 9.93. The fourth-order valence-electron chi connectivity index (χ4n) is 3.45. The van der Waals surface area contributed by atoms with Gasteiger partial charge in [0.1, 0.15) is 5.75 Å². The third-order valence-corrected chi connectivity index (χ3v) is 6.51. The molecule has 0 spiro atoms. The van der Waals surface area contributed by atoms with Gasteiger partial charge in [-0.2, -0.15) is 0 Å². The van der Waals surface area contributed by atoms with Crippen molar-refractivity contribution in [3.05, 3.63) is 58.4 Å². The van der Waals surface area contributed by atoms with Crippen molar-refractivity contribution in [2.45, 2.75) is 18.3 Å². The highest BCUT2D eigenvalue weighted by molar-refractivity contribution is 7.20. The second kappa shape index (κ2) is 7.13. The lowest BCUT2D eigenvalue weighted by Crippen LogP contribution is -2.19. The van der Waals surface area contributed by atoms with Gasteiger partial charge >= 0.3 is 5.97 Å². The maximum atomic E-state index is 11.5.